The number of aliphatic hydroxyl groups is 2. The van der Waals surface area contributed by atoms with Gasteiger partial charge >= 0.3 is 5.97 Å². The van der Waals surface area contributed by atoms with Gasteiger partial charge in [-0.25, -0.2) is 0 Å². The number of aliphatic hydroxyl groups excluding tert-OH is 2. The summed E-state index contributed by atoms with van der Waals surface area (Å²) in [6.07, 6.45) is 12.0. The minimum atomic E-state index is -0.770. The number of aliphatic carboxylic acids is 1. The molecule has 143 valence electrons. The van der Waals surface area contributed by atoms with Crippen LogP contribution >= 0.6 is 0 Å². The van der Waals surface area contributed by atoms with E-state index < -0.39 is 18.2 Å². The number of carboxylic acid groups (broad SMARTS) is 1. The van der Waals surface area contributed by atoms with E-state index in [0.717, 1.165) is 37.9 Å². The van der Waals surface area contributed by atoms with E-state index in [1.165, 1.54) is 0 Å². The maximum Gasteiger partial charge on any atom is 0.303 e. The molecule has 6 heteroatoms. The summed E-state index contributed by atoms with van der Waals surface area (Å²) in [5, 5.41) is 29.0. The van der Waals surface area contributed by atoms with Crippen molar-refractivity contribution in [1.29, 1.82) is 0 Å². The van der Waals surface area contributed by atoms with Gasteiger partial charge in [0.2, 0.25) is 0 Å². The first-order valence-corrected chi connectivity index (χ1v) is 9.63. The number of hydrogen-bond donors (Lipinski definition) is 3. The van der Waals surface area contributed by atoms with Crippen LogP contribution < -0.4 is 0 Å². The molecule has 26 heavy (non-hydrogen) atoms. The van der Waals surface area contributed by atoms with E-state index in [9.17, 15) is 15.0 Å². The van der Waals surface area contributed by atoms with E-state index in [0.29, 0.717) is 19.3 Å². The molecule has 5 nitrogen and oxygen atoms in total. The van der Waals surface area contributed by atoms with Crippen LogP contribution in [0.15, 0.2) is 24.0 Å². The monoisotopic (exact) mass is 375 g/mol. The Labute approximate surface area is 178 Å². The Kier molecular flexibility index (Phi) is 11.1. The molecule has 0 bridgehead atoms. The molecule has 1 heterocycles. The zero-order valence-corrected chi connectivity index (χ0v) is 18.1. The molecule has 3 unspecified atom stereocenters. The molecular weight excluding hydrogens is 343 g/mol. The van der Waals surface area contributed by atoms with Gasteiger partial charge in [0.1, 0.15) is 6.10 Å². The van der Waals surface area contributed by atoms with Crippen LogP contribution in [0.25, 0.3) is 0 Å². The third-order valence-electron chi connectivity index (χ3n) is 5.26. The second kappa shape index (κ2) is 12.2. The Morgan fingerprint density at radius 2 is 2.12 bits per heavy atom. The van der Waals surface area contributed by atoms with Crippen LogP contribution in [-0.2, 0) is 9.53 Å². The third-order valence-corrected chi connectivity index (χ3v) is 5.26. The minimum Gasteiger partial charge on any atom is -0.495 e. The first-order chi connectivity index (χ1) is 12.0. The van der Waals surface area contributed by atoms with Gasteiger partial charge in [0.25, 0.3) is 0 Å². The molecule has 1 saturated heterocycles. The van der Waals surface area contributed by atoms with Crippen LogP contribution in [0.5, 0.6) is 0 Å². The number of carbonyl (C=O) groups is 1. The average Bonchev–Trinajstić information content (AvgIpc) is 3.06. The largest absolute Gasteiger partial charge is 0.495 e. The van der Waals surface area contributed by atoms with Crippen molar-refractivity contribution in [3.8, 4) is 0 Å². The van der Waals surface area contributed by atoms with Gasteiger partial charge < -0.3 is 20.1 Å². The van der Waals surface area contributed by atoms with Crippen LogP contribution in [0.3, 0.4) is 0 Å². The van der Waals surface area contributed by atoms with E-state index in [1.807, 2.05) is 18.2 Å². The van der Waals surface area contributed by atoms with Gasteiger partial charge in [0.05, 0.1) is 18.0 Å². The Morgan fingerprint density at radius 1 is 1.35 bits per heavy atom. The van der Waals surface area contributed by atoms with Crippen LogP contribution in [0, 0.1) is 11.8 Å². The number of hydrogen-bond acceptors (Lipinski definition) is 4. The van der Waals surface area contributed by atoms with Gasteiger partial charge in [-0.1, -0.05) is 38.3 Å². The standard InChI is InChI=1S/C20H32O5.Na/c1-2-3-4-7-14(21)10-11-16-17-12-15(8-5-6-9-20(23)24)25-19(17)13-18(16)22;/h8,10-11,14,16-19,21-22H,2-7,9,12-13H2,1H3,(H,23,24);/b11-10?,15-8-;/t14?,16-,17-,18?,19?;/m1./s1. The fourth-order valence-electron chi connectivity index (χ4n) is 3.86. The normalized spacial score (nSPS) is 30.2. The fourth-order valence-corrected chi connectivity index (χ4v) is 3.86. The first kappa shape index (κ1) is 23.7. The summed E-state index contributed by atoms with van der Waals surface area (Å²) in [4.78, 5) is 10.5. The molecule has 2 rings (SSSR count). The molecule has 0 spiro atoms. The molecule has 2 aliphatic rings. The van der Waals surface area contributed by atoms with Crippen LogP contribution in [0.2, 0.25) is 0 Å². The molecular formula is C20H32NaO5. The van der Waals surface area contributed by atoms with E-state index in [-0.39, 0.29) is 53.9 Å². The number of fused-ring (bicyclic) bond motifs is 1. The molecule has 0 aromatic heterocycles. The molecule has 2 fully saturated rings. The second-order valence-electron chi connectivity index (χ2n) is 7.31. The smallest absolute Gasteiger partial charge is 0.303 e. The minimum absolute atomic E-state index is 0. The molecule has 1 aliphatic carbocycles. The average molecular weight is 375 g/mol. The van der Waals surface area contributed by atoms with Crippen molar-refractivity contribution >= 4 is 35.5 Å². The summed E-state index contributed by atoms with van der Waals surface area (Å²) in [5.41, 5.74) is 0. The number of carboxylic acids is 1. The molecule has 1 saturated carbocycles. The first-order valence-electron chi connectivity index (χ1n) is 9.63. The van der Waals surface area contributed by atoms with Crippen molar-refractivity contribution in [2.24, 2.45) is 11.8 Å². The molecule has 0 aromatic rings. The van der Waals surface area contributed by atoms with Crippen molar-refractivity contribution in [3.05, 3.63) is 24.0 Å². The summed E-state index contributed by atoms with van der Waals surface area (Å²) in [6, 6.07) is 0. The van der Waals surface area contributed by atoms with Crippen LogP contribution in [0.4, 0.5) is 0 Å². The number of allylic oxidation sites excluding steroid dienone is 2. The van der Waals surface area contributed by atoms with E-state index >= 15 is 0 Å². The van der Waals surface area contributed by atoms with Gasteiger partial charge in [-0.15, -0.1) is 0 Å². The summed E-state index contributed by atoms with van der Waals surface area (Å²) in [5.74, 6) is 0.429. The quantitative estimate of drug-likeness (QED) is 0.310. The third kappa shape index (κ3) is 7.35. The number of rotatable bonds is 10. The Hall–Kier alpha value is -0.330. The number of unbranched alkanes of at least 4 members (excludes halogenated alkanes) is 3. The molecule has 3 N–H and O–H groups in total. The van der Waals surface area contributed by atoms with Crippen molar-refractivity contribution in [2.45, 2.75) is 83.0 Å². The van der Waals surface area contributed by atoms with Gasteiger partial charge in [0.15, 0.2) is 0 Å². The maximum atomic E-state index is 10.5. The van der Waals surface area contributed by atoms with Gasteiger partial charge in [-0.3, -0.25) is 4.79 Å². The van der Waals surface area contributed by atoms with Gasteiger partial charge in [-0.2, -0.15) is 0 Å². The Balaban J connectivity index is 0.00000338. The van der Waals surface area contributed by atoms with Crippen LogP contribution in [-0.4, -0.2) is 69.2 Å². The number of ether oxygens (including phenoxy) is 1. The second-order valence-corrected chi connectivity index (χ2v) is 7.31. The molecule has 0 aromatic carbocycles. The van der Waals surface area contributed by atoms with Crippen molar-refractivity contribution < 1.29 is 24.9 Å². The zero-order chi connectivity index (χ0) is 18.2. The molecule has 1 aliphatic heterocycles. The molecule has 5 atom stereocenters. The molecule has 0 amide bonds. The summed E-state index contributed by atoms with van der Waals surface area (Å²) in [6.45, 7) is 2.14. The Morgan fingerprint density at radius 3 is 2.81 bits per heavy atom. The van der Waals surface area contributed by atoms with Crippen molar-refractivity contribution in [3.63, 3.8) is 0 Å². The topological polar surface area (TPSA) is 87.0 Å². The SMILES string of the molecule is CCCCCC(O)C=C[C@H]1C(O)CC2O/C(=C\CCCC(=O)O)C[C@@H]21.[Na]. The predicted octanol–water partition coefficient (Wildman–Crippen LogP) is 3.03. The Bertz CT molecular complexity index is 491. The maximum absolute atomic E-state index is 10.5. The van der Waals surface area contributed by atoms with Gasteiger partial charge in [0, 0.05) is 60.7 Å². The van der Waals surface area contributed by atoms with Crippen LogP contribution in [0.1, 0.15) is 64.7 Å². The van der Waals surface area contributed by atoms with E-state index in [4.69, 9.17) is 9.84 Å². The predicted molar refractivity (Wildman–Crippen MR) is 102 cm³/mol. The van der Waals surface area contributed by atoms with Gasteiger partial charge in [-0.05, 0) is 25.3 Å². The summed E-state index contributed by atoms with van der Waals surface area (Å²) in [7, 11) is 0. The summed E-state index contributed by atoms with van der Waals surface area (Å²) >= 11 is 0. The molecule has 1 radical (unpaired) electrons. The summed E-state index contributed by atoms with van der Waals surface area (Å²) < 4.78 is 5.94. The van der Waals surface area contributed by atoms with E-state index in [1.54, 1.807) is 0 Å². The van der Waals surface area contributed by atoms with E-state index in [2.05, 4.69) is 6.92 Å². The van der Waals surface area contributed by atoms with Crippen molar-refractivity contribution in [1.82, 2.24) is 0 Å². The fraction of sp³-hybridized carbons (Fsp3) is 0.750. The van der Waals surface area contributed by atoms with Crippen molar-refractivity contribution in [2.75, 3.05) is 0 Å². The zero-order valence-electron chi connectivity index (χ0n) is 16.1.